The van der Waals surface area contributed by atoms with E-state index < -0.39 is 5.97 Å². The van der Waals surface area contributed by atoms with Crippen LogP contribution in [0.25, 0.3) is 10.9 Å². The number of piperazine rings is 1. The standard InChI is InChI=1S/C30H31N5O4/c1-3-34-15-17-35(18-16-34)30(38)32-23-12-10-22(11-13-23)31-27(20-7-5-4-6-8-20)26-24-14-9-21(29(37)39-2)19-25(24)33-28(26)36/h4-14,19,33,36H,3,15-18H2,1-2H3,(H,32,38). The van der Waals surface area contributed by atoms with Crippen molar-refractivity contribution >= 4 is 40.0 Å². The van der Waals surface area contributed by atoms with Crippen molar-refractivity contribution < 1.29 is 19.4 Å². The average molecular weight is 526 g/mol. The Bertz CT molecular complexity index is 1500. The lowest BCUT2D eigenvalue weighted by Gasteiger charge is -2.33. The van der Waals surface area contributed by atoms with Crippen molar-refractivity contribution in [3.05, 3.63) is 89.5 Å². The van der Waals surface area contributed by atoms with E-state index in [9.17, 15) is 14.7 Å². The second-order valence-corrected chi connectivity index (χ2v) is 9.33. The van der Waals surface area contributed by atoms with E-state index in [0.717, 1.165) is 30.6 Å². The molecule has 3 N–H and O–H groups in total. The Hall–Kier alpha value is -4.63. The Morgan fingerprint density at radius 1 is 0.974 bits per heavy atom. The van der Waals surface area contributed by atoms with Crippen LogP contribution in [0.1, 0.15) is 28.4 Å². The zero-order chi connectivity index (χ0) is 27.4. The minimum absolute atomic E-state index is 0.0540. The van der Waals surface area contributed by atoms with Crippen LogP contribution in [0.5, 0.6) is 5.88 Å². The first-order valence-electron chi connectivity index (χ1n) is 12.9. The number of urea groups is 1. The average Bonchev–Trinajstić information content (AvgIpc) is 3.31. The van der Waals surface area contributed by atoms with Crippen LogP contribution in [-0.4, -0.2) is 77.4 Å². The van der Waals surface area contributed by atoms with E-state index in [-0.39, 0.29) is 11.9 Å². The zero-order valence-corrected chi connectivity index (χ0v) is 22.0. The lowest BCUT2D eigenvalue weighted by Crippen LogP contribution is -2.49. The third-order valence-corrected chi connectivity index (χ3v) is 6.95. The number of nitrogens with zero attached hydrogens (tertiary/aromatic N) is 3. The number of aliphatic imine (C=N–C) groups is 1. The summed E-state index contributed by atoms with van der Waals surface area (Å²) in [6, 6.07) is 21.8. The summed E-state index contributed by atoms with van der Waals surface area (Å²) in [6.07, 6.45) is 0. The van der Waals surface area contributed by atoms with E-state index in [2.05, 4.69) is 22.1 Å². The van der Waals surface area contributed by atoms with Crippen LogP contribution in [0.15, 0.2) is 77.8 Å². The number of carbonyl (C=O) groups is 2. The normalized spacial score (nSPS) is 14.4. The molecule has 39 heavy (non-hydrogen) atoms. The molecule has 0 atom stereocenters. The smallest absolute Gasteiger partial charge is 0.337 e. The Balaban J connectivity index is 1.44. The van der Waals surface area contributed by atoms with E-state index in [1.165, 1.54) is 7.11 Å². The Morgan fingerprint density at radius 2 is 1.69 bits per heavy atom. The summed E-state index contributed by atoms with van der Waals surface area (Å²) in [6.45, 7) is 6.29. The van der Waals surface area contributed by atoms with Gasteiger partial charge < -0.3 is 29.9 Å². The topological polar surface area (TPSA) is 110 Å². The van der Waals surface area contributed by atoms with E-state index >= 15 is 0 Å². The molecule has 1 fully saturated rings. The van der Waals surface area contributed by atoms with Crippen molar-refractivity contribution in [1.29, 1.82) is 0 Å². The van der Waals surface area contributed by atoms with Crippen LogP contribution < -0.4 is 5.32 Å². The highest BCUT2D eigenvalue weighted by Gasteiger charge is 2.21. The van der Waals surface area contributed by atoms with Gasteiger partial charge in [-0.05, 0) is 42.9 Å². The maximum Gasteiger partial charge on any atom is 0.337 e. The van der Waals surface area contributed by atoms with Gasteiger partial charge >= 0.3 is 12.0 Å². The van der Waals surface area contributed by atoms with Gasteiger partial charge in [-0.25, -0.2) is 14.6 Å². The fraction of sp³-hybridized carbons (Fsp3) is 0.233. The molecule has 0 spiro atoms. The number of aromatic amines is 1. The Morgan fingerprint density at radius 3 is 2.36 bits per heavy atom. The second-order valence-electron chi connectivity index (χ2n) is 9.33. The molecule has 0 aliphatic carbocycles. The summed E-state index contributed by atoms with van der Waals surface area (Å²) in [5.41, 5.74) is 4.21. The molecule has 0 saturated carbocycles. The maximum atomic E-state index is 12.7. The first kappa shape index (κ1) is 26.0. The molecule has 0 radical (unpaired) electrons. The summed E-state index contributed by atoms with van der Waals surface area (Å²) in [5, 5.41) is 14.6. The van der Waals surface area contributed by atoms with Crippen LogP contribution in [0, 0.1) is 0 Å². The molecule has 1 aliphatic heterocycles. The predicted molar refractivity (Wildman–Crippen MR) is 152 cm³/mol. The number of fused-ring (bicyclic) bond motifs is 1. The molecule has 5 rings (SSSR count). The first-order valence-corrected chi connectivity index (χ1v) is 12.9. The maximum absolute atomic E-state index is 12.7. The monoisotopic (exact) mass is 525 g/mol. The molecule has 0 unspecified atom stereocenters. The van der Waals surface area contributed by atoms with Gasteiger partial charge in [0.1, 0.15) is 0 Å². The van der Waals surface area contributed by atoms with Crippen LogP contribution in [0.2, 0.25) is 0 Å². The molecule has 2 heterocycles. The number of ether oxygens (including phenoxy) is 1. The number of carbonyl (C=O) groups excluding carboxylic acids is 2. The number of amides is 2. The van der Waals surface area contributed by atoms with Gasteiger partial charge in [0.25, 0.3) is 0 Å². The lowest BCUT2D eigenvalue weighted by molar-refractivity contribution is 0.0601. The van der Waals surface area contributed by atoms with Crippen molar-refractivity contribution in [3.63, 3.8) is 0 Å². The Kier molecular flexibility index (Phi) is 7.60. The third kappa shape index (κ3) is 5.63. The summed E-state index contributed by atoms with van der Waals surface area (Å²) in [5.74, 6) is -0.512. The van der Waals surface area contributed by atoms with Gasteiger partial charge in [-0.15, -0.1) is 0 Å². The first-order chi connectivity index (χ1) is 19.0. The third-order valence-electron chi connectivity index (χ3n) is 6.95. The predicted octanol–water partition coefficient (Wildman–Crippen LogP) is 5.00. The number of hydrogen-bond acceptors (Lipinski definition) is 6. The van der Waals surface area contributed by atoms with Crippen molar-refractivity contribution in [2.24, 2.45) is 4.99 Å². The number of hydrogen-bond donors (Lipinski definition) is 3. The number of aromatic hydroxyl groups is 1. The van der Waals surface area contributed by atoms with Gasteiger partial charge in [0.15, 0.2) is 5.88 Å². The number of likely N-dealkylation sites (N-methyl/N-ethyl adjacent to an activating group) is 1. The number of esters is 1. The molecule has 1 aromatic heterocycles. The molecule has 9 nitrogen and oxygen atoms in total. The quantitative estimate of drug-likeness (QED) is 0.242. The van der Waals surface area contributed by atoms with Crippen LogP contribution in [0.4, 0.5) is 16.2 Å². The van der Waals surface area contributed by atoms with Crippen molar-refractivity contribution in [3.8, 4) is 5.88 Å². The number of rotatable bonds is 6. The number of anilines is 1. The summed E-state index contributed by atoms with van der Waals surface area (Å²) in [4.78, 5) is 36.7. The minimum Gasteiger partial charge on any atom is -0.494 e. The van der Waals surface area contributed by atoms with Gasteiger partial charge in [0.2, 0.25) is 0 Å². The van der Waals surface area contributed by atoms with Gasteiger partial charge in [-0.2, -0.15) is 0 Å². The number of methoxy groups -OCH3 is 1. The molecular formula is C30H31N5O4. The number of aromatic nitrogens is 1. The van der Waals surface area contributed by atoms with Crippen LogP contribution in [0.3, 0.4) is 0 Å². The zero-order valence-electron chi connectivity index (χ0n) is 22.0. The Labute approximate surface area is 226 Å². The van der Waals surface area contributed by atoms with Gasteiger partial charge in [0, 0.05) is 48.3 Å². The lowest BCUT2D eigenvalue weighted by atomic mass is 10.00. The highest BCUT2D eigenvalue weighted by Crippen LogP contribution is 2.32. The molecular weight excluding hydrogens is 494 g/mol. The number of benzene rings is 3. The SMILES string of the molecule is CCN1CCN(C(=O)Nc2ccc(N=C(c3ccccc3)c3c(O)[nH]c4cc(C(=O)OC)ccc34)cc2)CC1. The second kappa shape index (κ2) is 11.4. The summed E-state index contributed by atoms with van der Waals surface area (Å²) >= 11 is 0. The molecule has 2 amide bonds. The molecule has 0 bridgehead atoms. The van der Waals surface area contributed by atoms with Crippen molar-refractivity contribution in [2.75, 3.05) is 45.2 Å². The highest BCUT2D eigenvalue weighted by atomic mass is 16.5. The van der Waals surface area contributed by atoms with Gasteiger partial charge in [-0.1, -0.05) is 43.3 Å². The van der Waals surface area contributed by atoms with E-state index in [4.69, 9.17) is 9.73 Å². The van der Waals surface area contributed by atoms with Gasteiger partial charge in [-0.3, -0.25) is 0 Å². The van der Waals surface area contributed by atoms with E-state index in [0.29, 0.717) is 46.8 Å². The largest absolute Gasteiger partial charge is 0.494 e. The van der Waals surface area contributed by atoms with Crippen molar-refractivity contribution in [2.45, 2.75) is 6.92 Å². The number of nitrogens with one attached hydrogen (secondary N) is 2. The van der Waals surface area contributed by atoms with Gasteiger partial charge in [0.05, 0.1) is 29.6 Å². The molecule has 1 saturated heterocycles. The molecule has 4 aromatic rings. The molecule has 200 valence electrons. The summed E-state index contributed by atoms with van der Waals surface area (Å²) < 4.78 is 4.83. The highest BCUT2D eigenvalue weighted by molar-refractivity contribution is 6.22. The van der Waals surface area contributed by atoms with Crippen LogP contribution in [-0.2, 0) is 4.74 Å². The summed E-state index contributed by atoms with van der Waals surface area (Å²) in [7, 11) is 1.33. The fourth-order valence-corrected chi connectivity index (χ4v) is 4.75. The van der Waals surface area contributed by atoms with Crippen molar-refractivity contribution in [1.82, 2.24) is 14.8 Å². The van der Waals surface area contributed by atoms with E-state index in [1.807, 2.05) is 59.5 Å². The molecule has 3 aromatic carbocycles. The fourth-order valence-electron chi connectivity index (χ4n) is 4.75. The molecule has 1 aliphatic rings. The van der Waals surface area contributed by atoms with Crippen LogP contribution >= 0.6 is 0 Å². The van der Waals surface area contributed by atoms with E-state index in [1.54, 1.807) is 18.2 Å². The molecule has 9 heteroatoms. The minimum atomic E-state index is -0.458. The number of H-pyrrole nitrogens is 1.